The van der Waals surface area contributed by atoms with Crippen LogP contribution in [0, 0.1) is 17.8 Å². The van der Waals surface area contributed by atoms with Crippen molar-refractivity contribution in [1.82, 2.24) is 19.7 Å². The number of hydrogen-bond donors (Lipinski definition) is 2. The Morgan fingerprint density at radius 2 is 2.00 bits per heavy atom. The van der Waals surface area contributed by atoms with E-state index in [1.807, 2.05) is 12.3 Å². The third-order valence-electron chi connectivity index (χ3n) is 6.71. The highest BCUT2D eigenvalue weighted by Gasteiger charge is 2.55. The van der Waals surface area contributed by atoms with E-state index in [9.17, 15) is 4.79 Å². The van der Waals surface area contributed by atoms with Crippen LogP contribution in [-0.4, -0.2) is 24.1 Å². The molecule has 4 aliphatic carbocycles. The Kier molecular flexibility index (Phi) is 2.48. The molecule has 24 heavy (non-hydrogen) atoms. The minimum absolute atomic E-state index is 0.0111. The fourth-order valence-electron chi connectivity index (χ4n) is 6.19. The summed E-state index contributed by atoms with van der Waals surface area (Å²) in [6.07, 6.45) is 10.0. The van der Waals surface area contributed by atoms with Gasteiger partial charge < -0.3 is 4.98 Å². The Labute approximate surface area is 146 Å². The zero-order valence-corrected chi connectivity index (χ0v) is 14.8. The SMILES string of the molecule is O=c1[nH]n(C2C3CC4CC2CC(Br)(C4)C3)c2c1cnc1[nH]ccc12. The molecule has 4 fully saturated rings. The van der Waals surface area contributed by atoms with Gasteiger partial charge in [0.1, 0.15) is 5.65 Å². The summed E-state index contributed by atoms with van der Waals surface area (Å²) < 4.78 is 2.56. The van der Waals surface area contributed by atoms with Crippen LogP contribution in [0.1, 0.15) is 38.1 Å². The Balaban J connectivity index is 1.60. The number of halogens is 1. The van der Waals surface area contributed by atoms with Gasteiger partial charge in [-0.2, -0.15) is 0 Å². The minimum atomic E-state index is -0.0111. The summed E-state index contributed by atoms with van der Waals surface area (Å²) in [6, 6.07) is 2.45. The monoisotopic (exact) mass is 386 g/mol. The van der Waals surface area contributed by atoms with E-state index in [0.29, 0.717) is 27.6 Å². The first-order valence-corrected chi connectivity index (χ1v) is 9.66. The standard InChI is InChI=1S/C18H19BrN4O/c19-18-5-9-3-10(6-18)14(11(4-9)7-18)23-15-12-1-2-20-16(12)21-8-13(15)17(24)22-23/h1-2,8-11,14H,3-7H2,(H,20,21)(H,22,24). The molecular formula is C18H19BrN4O. The maximum atomic E-state index is 12.5. The molecule has 0 spiro atoms. The molecule has 0 saturated heterocycles. The molecule has 3 aromatic heterocycles. The summed E-state index contributed by atoms with van der Waals surface area (Å²) in [6.45, 7) is 0. The lowest BCUT2D eigenvalue weighted by Crippen LogP contribution is -2.52. The summed E-state index contributed by atoms with van der Waals surface area (Å²) in [4.78, 5) is 20.1. The molecule has 2 atom stereocenters. The van der Waals surface area contributed by atoms with Crippen molar-refractivity contribution >= 4 is 37.9 Å². The molecule has 0 aliphatic heterocycles. The number of hydrogen-bond acceptors (Lipinski definition) is 2. The molecule has 2 unspecified atom stereocenters. The highest BCUT2D eigenvalue weighted by molar-refractivity contribution is 9.10. The zero-order valence-electron chi connectivity index (χ0n) is 13.3. The zero-order chi connectivity index (χ0) is 16.1. The smallest absolute Gasteiger partial charge is 0.273 e. The van der Waals surface area contributed by atoms with Gasteiger partial charge in [0.2, 0.25) is 0 Å². The molecule has 4 aliphatic rings. The second-order valence-corrected chi connectivity index (χ2v) is 9.87. The van der Waals surface area contributed by atoms with E-state index in [0.717, 1.165) is 22.5 Å². The van der Waals surface area contributed by atoms with Crippen LogP contribution in [0.25, 0.3) is 21.9 Å². The van der Waals surface area contributed by atoms with Gasteiger partial charge in [-0.3, -0.25) is 14.6 Å². The summed E-state index contributed by atoms with van der Waals surface area (Å²) in [5.41, 5.74) is 1.88. The lowest BCUT2D eigenvalue weighted by atomic mass is 9.54. The first-order valence-electron chi connectivity index (χ1n) is 8.86. The number of H-pyrrole nitrogens is 2. The third kappa shape index (κ3) is 1.65. The fraction of sp³-hybridized carbons (Fsp3) is 0.556. The summed E-state index contributed by atoms with van der Waals surface area (Å²) >= 11 is 4.05. The van der Waals surface area contributed by atoms with Gasteiger partial charge in [-0.1, -0.05) is 15.9 Å². The van der Waals surface area contributed by atoms with Crippen LogP contribution < -0.4 is 5.56 Å². The van der Waals surface area contributed by atoms with Crippen molar-refractivity contribution in [3.63, 3.8) is 0 Å². The number of fused-ring (bicyclic) bond motifs is 3. The van der Waals surface area contributed by atoms with Crippen molar-refractivity contribution < 1.29 is 0 Å². The van der Waals surface area contributed by atoms with Crippen LogP contribution in [0.2, 0.25) is 0 Å². The van der Waals surface area contributed by atoms with Crippen molar-refractivity contribution in [3.05, 3.63) is 28.8 Å². The molecular weight excluding hydrogens is 368 g/mol. The average Bonchev–Trinajstić information content (AvgIpc) is 3.10. The number of pyridine rings is 1. The van der Waals surface area contributed by atoms with Gasteiger partial charge >= 0.3 is 0 Å². The van der Waals surface area contributed by atoms with Crippen molar-refractivity contribution in [1.29, 1.82) is 0 Å². The van der Waals surface area contributed by atoms with Crippen molar-refractivity contribution in [2.75, 3.05) is 0 Å². The van der Waals surface area contributed by atoms with Crippen LogP contribution in [-0.2, 0) is 0 Å². The molecule has 3 heterocycles. The Hall–Kier alpha value is -1.56. The molecule has 4 bridgehead atoms. The topological polar surface area (TPSA) is 66.5 Å². The molecule has 0 radical (unpaired) electrons. The molecule has 124 valence electrons. The number of aromatic nitrogens is 4. The summed E-state index contributed by atoms with van der Waals surface area (Å²) in [7, 11) is 0. The lowest BCUT2D eigenvalue weighted by molar-refractivity contribution is -0.0145. The van der Waals surface area contributed by atoms with E-state index in [1.165, 1.54) is 32.1 Å². The molecule has 5 nitrogen and oxygen atoms in total. The Morgan fingerprint density at radius 3 is 2.75 bits per heavy atom. The van der Waals surface area contributed by atoms with Crippen LogP contribution in [0.5, 0.6) is 0 Å². The van der Waals surface area contributed by atoms with E-state index in [-0.39, 0.29) is 5.56 Å². The van der Waals surface area contributed by atoms with E-state index in [4.69, 9.17) is 0 Å². The van der Waals surface area contributed by atoms with Crippen LogP contribution in [0.4, 0.5) is 0 Å². The minimum Gasteiger partial charge on any atom is -0.346 e. The summed E-state index contributed by atoms with van der Waals surface area (Å²) in [5, 5.41) is 4.93. The van der Waals surface area contributed by atoms with Gasteiger partial charge in [-0.25, -0.2) is 4.98 Å². The maximum Gasteiger partial charge on any atom is 0.273 e. The Morgan fingerprint density at radius 1 is 1.21 bits per heavy atom. The number of rotatable bonds is 1. The van der Waals surface area contributed by atoms with Gasteiger partial charge in [-0.15, -0.1) is 0 Å². The fourth-order valence-corrected chi connectivity index (χ4v) is 7.48. The number of aromatic amines is 2. The first-order chi connectivity index (χ1) is 11.6. The first kappa shape index (κ1) is 13.7. The van der Waals surface area contributed by atoms with Crippen LogP contribution in [0.15, 0.2) is 23.3 Å². The summed E-state index contributed by atoms with van der Waals surface area (Å²) in [5.74, 6) is 2.17. The van der Waals surface area contributed by atoms with Crippen molar-refractivity contribution in [3.8, 4) is 0 Å². The average molecular weight is 387 g/mol. The van der Waals surface area contributed by atoms with Gasteiger partial charge in [-0.05, 0) is 55.9 Å². The normalized spacial score (nSPS) is 37.7. The molecule has 2 N–H and O–H groups in total. The second kappa shape index (κ2) is 4.34. The van der Waals surface area contributed by atoms with Gasteiger partial charge in [0.05, 0.1) is 16.9 Å². The van der Waals surface area contributed by atoms with Crippen molar-refractivity contribution in [2.24, 2.45) is 17.8 Å². The van der Waals surface area contributed by atoms with Crippen molar-refractivity contribution in [2.45, 2.75) is 42.5 Å². The van der Waals surface area contributed by atoms with Crippen LogP contribution >= 0.6 is 15.9 Å². The second-order valence-electron chi connectivity index (χ2n) is 8.18. The molecule has 6 heteroatoms. The predicted molar refractivity (Wildman–Crippen MR) is 96.5 cm³/mol. The van der Waals surface area contributed by atoms with E-state index in [1.54, 1.807) is 6.20 Å². The number of alkyl halides is 1. The Bertz CT molecular complexity index is 1010. The third-order valence-corrected chi connectivity index (χ3v) is 7.68. The van der Waals surface area contributed by atoms with E-state index < -0.39 is 0 Å². The molecule has 4 saturated carbocycles. The predicted octanol–water partition coefficient (Wildman–Crippen LogP) is 3.72. The number of nitrogens with zero attached hydrogens (tertiary/aromatic N) is 2. The highest BCUT2D eigenvalue weighted by atomic mass is 79.9. The van der Waals surface area contributed by atoms with Crippen LogP contribution in [0.3, 0.4) is 0 Å². The molecule has 0 aromatic carbocycles. The molecule has 3 aromatic rings. The highest BCUT2D eigenvalue weighted by Crippen LogP contribution is 2.62. The maximum absolute atomic E-state index is 12.5. The molecule has 0 amide bonds. The number of nitrogens with one attached hydrogen (secondary N) is 2. The quantitative estimate of drug-likeness (QED) is 0.625. The van der Waals surface area contributed by atoms with Gasteiger partial charge in [0.15, 0.2) is 0 Å². The van der Waals surface area contributed by atoms with E-state index in [2.05, 4.69) is 35.7 Å². The lowest BCUT2D eigenvalue weighted by Gasteiger charge is -2.58. The molecule has 7 rings (SSSR count). The van der Waals surface area contributed by atoms with E-state index >= 15 is 0 Å². The largest absolute Gasteiger partial charge is 0.346 e. The van der Waals surface area contributed by atoms with Gasteiger partial charge in [0.25, 0.3) is 5.56 Å². The van der Waals surface area contributed by atoms with Gasteiger partial charge in [0, 0.05) is 22.1 Å².